The molecule has 2 N–H and O–H groups in total. The van der Waals surface area contributed by atoms with Crippen LogP contribution in [0.5, 0.6) is 5.75 Å². The Labute approximate surface area is 159 Å². The number of ether oxygens (including phenoxy) is 2. The number of nitrogens with one attached hydrogen (secondary N) is 2. The molecule has 0 radical (unpaired) electrons. The van der Waals surface area contributed by atoms with E-state index < -0.39 is 0 Å². The average molecular weight is 370 g/mol. The zero-order valence-electron chi connectivity index (χ0n) is 15.8. The van der Waals surface area contributed by atoms with E-state index in [4.69, 9.17) is 9.47 Å². The van der Waals surface area contributed by atoms with Crippen LogP contribution < -0.4 is 15.4 Å². The number of hydrogen-bond donors (Lipinski definition) is 2. The Morgan fingerprint density at radius 1 is 0.963 bits per heavy atom. The van der Waals surface area contributed by atoms with Gasteiger partial charge in [0.2, 0.25) is 0 Å². The SMILES string of the molecule is CCCOc1cccc(C(=O)Nc2cccc(C(=O)NCCCOC)c2)c1. The van der Waals surface area contributed by atoms with Crippen molar-refractivity contribution in [2.75, 3.05) is 32.2 Å². The summed E-state index contributed by atoms with van der Waals surface area (Å²) in [6.45, 7) is 3.76. The summed E-state index contributed by atoms with van der Waals surface area (Å²) < 4.78 is 10.5. The standard InChI is InChI=1S/C21H26N2O4/c1-3-12-27-19-10-5-8-17(15-19)21(25)23-18-9-4-7-16(14-18)20(24)22-11-6-13-26-2/h4-5,7-10,14-15H,3,6,11-13H2,1-2H3,(H,22,24)(H,23,25). The second-order valence-corrected chi connectivity index (χ2v) is 6.01. The first-order valence-corrected chi connectivity index (χ1v) is 9.05. The molecule has 0 unspecified atom stereocenters. The van der Waals surface area contributed by atoms with E-state index in [-0.39, 0.29) is 11.8 Å². The van der Waals surface area contributed by atoms with Gasteiger partial charge < -0.3 is 20.1 Å². The van der Waals surface area contributed by atoms with Gasteiger partial charge in [-0.15, -0.1) is 0 Å². The Kier molecular flexibility index (Phi) is 8.32. The summed E-state index contributed by atoms with van der Waals surface area (Å²) in [5.74, 6) is 0.223. The fraction of sp³-hybridized carbons (Fsp3) is 0.333. The molecule has 0 aromatic heterocycles. The van der Waals surface area contributed by atoms with E-state index in [0.717, 1.165) is 12.8 Å². The highest BCUT2D eigenvalue weighted by atomic mass is 16.5. The average Bonchev–Trinajstić information content (AvgIpc) is 2.70. The zero-order valence-corrected chi connectivity index (χ0v) is 15.8. The molecule has 0 aliphatic rings. The van der Waals surface area contributed by atoms with Gasteiger partial charge in [-0.2, -0.15) is 0 Å². The van der Waals surface area contributed by atoms with Gasteiger partial charge in [-0.25, -0.2) is 0 Å². The van der Waals surface area contributed by atoms with E-state index in [9.17, 15) is 9.59 Å². The van der Waals surface area contributed by atoms with Crippen LogP contribution in [0.1, 0.15) is 40.5 Å². The molecule has 0 spiro atoms. The van der Waals surface area contributed by atoms with Gasteiger partial charge in [0.25, 0.3) is 11.8 Å². The van der Waals surface area contributed by atoms with Crippen LogP contribution in [-0.4, -0.2) is 38.7 Å². The summed E-state index contributed by atoms with van der Waals surface area (Å²) in [5, 5.41) is 5.64. The first-order valence-electron chi connectivity index (χ1n) is 9.05. The first-order chi connectivity index (χ1) is 13.1. The van der Waals surface area contributed by atoms with Gasteiger partial charge in [0.1, 0.15) is 5.75 Å². The summed E-state index contributed by atoms with van der Waals surface area (Å²) in [4.78, 5) is 24.7. The summed E-state index contributed by atoms with van der Waals surface area (Å²) in [7, 11) is 1.62. The summed E-state index contributed by atoms with van der Waals surface area (Å²) in [5.41, 5.74) is 1.55. The number of carbonyl (C=O) groups excluding carboxylic acids is 2. The molecule has 0 heterocycles. The maximum Gasteiger partial charge on any atom is 0.255 e. The van der Waals surface area contributed by atoms with E-state index in [2.05, 4.69) is 10.6 Å². The van der Waals surface area contributed by atoms with Crippen molar-refractivity contribution in [2.45, 2.75) is 19.8 Å². The highest BCUT2D eigenvalue weighted by Crippen LogP contribution is 2.16. The smallest absolute Gasteiger partial charge is 0.255 e. The molecule has 2 aromatic carbocycles. The molecule has 144 valence electrons. The molecule has 0 aliphatic heterocycles. The Bertz CT molecular complexity index is 761. The number of benzene rings is 2. The van der Waals surface area contributed by atoms with Crippen LogP contribution in [0.15, 0.2) is 48.5 Å². The van der Waals surface area contributed by atoms with Crippen LogP contribution in [0.4, 0.5) is 5.69 Å². The molecule has 0 bridgehead atoms. The molecule has 0 saturated carbocycles. The fourth-order valence-corrected chi connectivity index (χ4v) is 2.41. The van der Waals surface area contributed by atoms with Crippen LogP contribution >= 0.6 is 0 Å². The van der Waals surface area contributed by atoms with Crippen molar-refractivity contribution in [1.82, 2.24) is 5.32 Å². The van der Waals surface area contributed by atoms with Gasteiger partial charge in [-0.05, 0) is 49.2 Å². The van der Waals surface area contributed by atoms with Crippen LogP contribution in [-0.2, 0) is 4.74 Å². The minimum absolute atomic E-state index is 0.183. The van der Waals surface area contributed by atoms with E-state index in [0.29, 0.717) is 42.3 Å². The zero-order chi connectivity index (χ0) is 19.5. The fourth-order valence-electron chi connectivity index (χ4n) is 2.41. The van der Waals surface area contributed by atoms with Crippen LogP contribution in [0.25, 0.3) is 0 Å². The molecule has 2 amide bonds. The highest BCUT2D eigenvalue weighted by molar-refractivity contribution is 6.05. The van der Waals surface area contributed by atoms with Crippen molar-refractivity contribution >= 4 is 17.5 Å². The lowest BCUT2D eigenvalue weighted by molar-refractivity contribution is 0.0947. The molecule has 0 saturated heterocycles. The molecule has 6 nitrogen and oxygen atoms in total. The van der Waals surface area contributed by atoms with E-state index in [1.54, 1.807) is 49.6 Å². The molecule has 0 fully saturated rings. The van der Waals surface area contributed by atoms with Gasteiger partial charge >= 0.3 is 0 Å². The molecule has 2 aromatic rings. The molecule has 0 atom stereocenters. The monoisotopic (exact) mass is 370 g/mol. The van der Waals surface area contributed by atoms with Crippen molar-refractivity contribution in [3.8, 4) is 5.75 Å². The lowest BCUT2D eigenvalue weighted by Crippen LogP contribution is -2.25. The van der Waals surface area contributed by atoms with Gasteiger partial charge in [0.15, 0.2) is 0 Å². The van der Waals surface area contributed by atoms with E-state index >= 15 is 0 Å². The summed E-state index contributed by atoms with van der Waals surface area (Å²) >= 11 is 0. The van der Waals surface area contributed by atoms with Gasteiger partial charge in [0, 0.05) is 37.1 Å². The van der Waals surface area contributed by atoms with E-state index in [1.807, 2.05) is 13.0 Å². The van der Waals surface area contributed by atoms with Gasteiger partial charge in [-0.1, -0.05) is 19.1 Å². The van der Waals surface area contributed by atoms with Crippen molar-refractivity contribution < 1.29 is 19.1 Å². The molecule has 27 heavy (non-hydrogen) atoms. The first kappa shape index (κ1) is 20.5. The van der Waals surface area contributed by atoms with Gasteiger partial charge in [-0.3, -0.25) is 9.59 Å². The molecule has 2 rings (SSSR count). The second-order valence-electron chi connectivity index (χ2n) is 6.01. The van der Waals surface area contributed by atoms with E-state index in [1.165, 1.54) is 0 Å². The normalized spacial score (nSPS) is 10.3. The van der Waals surface area contributed by atoms with Crippen molar-refractivity contribution in [3.05, 3.63) is 59.7 Å². The minimum Gasteiger partial charge on any atom is -0.494 e. The molecular formula is C21H26N2O4. The molecule has 6 heteroatoms. The highest BCUT2D eigenvalue weighted by Gasteiger charge is 2.10. The number of anilines is 1. The summed E-state index contributed by atoms with van der Waals surface area (Å²) in [6.07, 6.45) is 1.64. The van der Waals surface area contributed by atoms with Gasteiger partial charge in [0.05, 0.1) is 6.61 Å². The third-order valence-corrected chi connectivity index (χ3v) is 3.76. The van der Waals surface area contributed by atoms with Crippen LogP contribution in [0.3, 0.4) is 0 Å². The minimum atomic E-state index is -0.255. The number of hydrogen-bond acceptors (Lipinski definition) is 4. The van der Waals surface area contributed by atoms with Crippen LogP contribution in [0, 0.1) is 0 Å². The maximum absolute atomic E-state index is 12.5. The number of amides is 2. The maximum atomic E-state index is 12.5. The Morgan fingerprint density at radius 2 is 1.70 bits per heavy atom. The quantitative estimate of drug-likeness (QED) is 0.628. The number of rotatable bonds is 10. The predicted molar refractivity (Wildman–Crippen MR) is 105 cm³/mol. The Balaban J connectivity index is 1.98. The topological polar surface area (TPSA) is 76.7 Å². The lowest BCUT2D eigenvalue weighted by Gasteiger charge is -2.10. The van der Waals surface area contributed by atoms with Crippen molar-refractivity contribution in [3.63, 3.8) is 0 Å². The largest absolute Gasteiger partial charge is 0.494 e. The van der Waals surface area contributed by atoms with Crippen LogP contribution in [0.2, 0.25) is 0 Å². The third kappa shape index (κ3) is 6.75. The number of carbonyl (C=O) groups is 2. The third-order valence-electron chi connectivity index (χ3n) is 3.76. The number of methoxy groups -OCH3 is 1. The lowest BCUT2D eigenvalue weighted by atomic mass is 10.1. The Morgan fingerprint density at radius 3 is 2.44 bits per heavy atom. The summed E-state index contributed by atoms with van der Waals surface area (Å²) in [6, 6.07) is 13.9. The molecule has 0 aliphatic carbocycles. The Hall–Kier alpha value is -2.86. The second kappa shape index (κ2) is 11.0. The predicted octanol–water partition coefficient (Wildman–Crippen LogP) is 3.49. The molecular weight excluding hydrogens is 344 g/mol. The van der Waals surface area contributed by atoms with Crippen molar-refractivity contribution in [1.29, 1.82) is 0 Å². The van der Waals surface area contributed by atoms with Crippen molar-refractivity contribution in [2.24, 2.45) is 0 Å².